The molecule has 1 amide bonds. The maximum atomic E-state index is 13.0. The lowest BCUT2D eigenvalue weighted by Crippen LogP contribution is -2.49. The van der Waals surface area contributed by atoms with Crippen molar-refractivity contribution >= 4 is 34.5 Å². The number of nitrogens with one attached hydrogen (secondary N) is 1. The summed E-state index contributed by atoms with van der Waals surface area (Å²) in [7, 11) is 0. The lowest BCUT2D eigenvalue weighted by Gasteiger charge is -2.34. The average molecular weight is 497 g/mol. The molecule has 1 saturated heterocycles. The number of aromatic hydroxyl groups is 1. The molecular formula is C27H36N4O3S. The van der Waals surface area contributed by atoms with Crippen LogP contribution in [0.3, 0.4) is 0 Å². The highest BCUT2D eigenvalue weighted by Gasteiger charge is 2.22. The van der Waals surface area contributed by atoms with Crippen LogP contribution in [-0.2, 0) is 4.79 Å². The predicted molar refractivity (Wildman–Crippen MR) is 143 cm³/mol. The zero-order chi connectivity index (χ0) is 24.9. The fraction of sp³-hybridized carbons (Fsp3) is 0.481. The molecule has 0 atom stereocenters. The number of carbonyl (C=O) groups is 1. The lowest BCUT2D eigenvalue weighted by molar-refractivity contribution is -0.117. The molecule has 4 rings (SSSR count). The highest BCUT2D eigenvalue weighted by Crippen LogP contribution is 2.36. The number of rotatable bonds is 9. The van der Waals surface area contributed by atoms with Crippen molar-refractivity contribution < 1.29 is 14.3 Å². The van der Waals surface area contributed by atoms with E-state index in [-0.39, 0.29) is 23.5 Å². The summed E-state index contributed by atoms with van der Waals surface area (Å²) in [6.45, 7) is 13.3. The molecule has 1 aliphatic rings. The first kappa shape index (κ1) is 25.5. The van der Waals surface area contributed by atoms with Gasteiger partial charge in [-0.25, -0.2) is 4.98 Å². The smallest absolute Gasteiger partial charge is 0.256 e. The Morgan fingerprint density at radius 2 is 1.69 bits per heavy atom. The van der Waals surface area contributed by atoms with E-state index in [1.807, 2.05) is 24.3 Å². The quantitative estimate of drug-likeness (QED) is 0.314. The molecule has 35 heavy (non-hydrogen) atoms. The first-order valence-electron chi connectivity index (χ1n) is 12.4. The van der Waals surface area contributed by atoms with E-state index in [0.717, 1.165) is 71.6 Å². The van der Waals surface area contributed by atoms with Crippen molar-refractivity contribution in [2.75, 3.05) is 50.3 Å². The molecule has 0 saturated carbocycles. The highest BCUT2D eigenvalue weighted by atomic mass is 32.2. The van der Waals surface area contributed by atoms with Crippen molar-refractivity contribution in [2.45, 2.75) is 44.8 Å². The van der Waals surface area contributed by atoms with Crippen LogP contribution >= 0.6 is 11.8 Å². The van der Waals surface area contributed by atoms with Crippen molar-refractivity contribution in [3.63, 3.8) is 0 Å². The maximum Gasteiger partial charge on any atom is 0.256 e. The van der Waals surface area contributed by atoms with Crippen LogP contribution < -0.4 is 5.32 Å². The molecule has 2 heterocycles. The molecule has 0 radical (unpaired) electrons. The van der Waals surface area contributed by atoms with Gasteiger partial charge in [0.25, 0.3) is 5.22 Å². The molecule has 8 heteroatoms. The molecule has 0 unspecified atom stereocenters. The van der Waals surface area contributed by atoms with Gasteiger partial charge in [0.2, 0.25) is 5.91 Å². The SMILES string of the molecule is CC(C)c1cc(O)cc(C(C)C)c1NC(=O)CN1CCN(CCSc2nc3ccccc3o2)CC1. The third-order valence-electron chi connectivity index (χ3n) is 6.43. The standard InChI is InChI=1S/C27H36N4O3S/c1-18(2)21-15-20(32)16-22(19(3)4)26(21)29-25(33)17-31-11-9-30(10-12-31)13-14-35-27-28-23-7-5-6-8-24(23)34-27/h5-8,15-16,18-19,32H,9-14,17H2,1-4H3,(H,29,33). The minimum absolute atomic E-state index is 0.000504. The van der Waals surface area contributed by atoms with Gasteiger partial charge in [-0.1, -0.05) is 51.6 Å². The van der Waals surface area contributed by atoms with Crippen LogP contribution in [0.4, 0.5) is 5.69 Å². The number of carbonyl (C=O) groups excluding carboxylic acids is 1. The molecule has 7 nitrogen and oxygen atoms in total. The van der Waals surface area contributed by atoms with Crippen LogP contribution in [0.1, 0.15) is 50.7 Å². The molecular weight excluding hydrogens is 460 g/mol. The summed E-state index contributed by atoms with van der Waals surface area (Å²) in [5.74, 6) is 1.57. The molecule has 0 spiro atoms. The third kappa shape index (κ3) is 6.57. The van der Waals surface area contributed by atoms with Gasteiger partial charge < -0.3 is 14.8 Å². The maximum absolute atomic E-state index is 13.0. The minimum Gasteiger partial charge on any atom is -0.508 e. The van der Waals surface area contributed by atoms with E-state index in [1.54, 1.807) is 23.9 Å². The van der Waals surface area contributed by atoms with E-state index in [4.69, 9.17) is 4.42 Å². The summed E-state index contributed by atoms with van der Waals surface area (Å²) >= 11 is 1.65. The number of thioether (sulfide) groups is 1. The monoisotopic (exact) mass is 496 g/mol. The topological polar surface area (TPSA) is 81.8 Å². The molecule has 1 aromatic heterocycles. The largest absolute Gasteiger partial charge is 0.508 e. The molecule has 0 bridgehead atoms. The summed E-state index contributed by atoms with van der Waals surface area (Å²) < 4.78 is 5.79. The number of anilines is 1. The van der Waals surface area contributed by atoms with E-state index < -0.39 is 0 Å². The molecule has 1 aliphatic heterocycles. The fourth-order valence-electron chi connectivity index (χ4n) is 4.45. The normalized spacial score (nSPS) is 15.4. The molecule has 188 valence electrons. The number of nitrogens with zero attached hydrogens (tertiary/aromatic N) is 3. The predicted octanol–water partition coefficient (Wildman–Crippen LogP) is 5.13. The number of oxazole rings is 1. The number of phenols is 1. The van der Waals surface area contributed by atoms with Gasteiger partial charge in [0.1, 0.15) is 11.3 Å². The molecule has 1 fully saturated rings. The van der Waals surface area contributed by atoms with Crippen molar-refractivity contribution in [2.24, 2.45) is 0 Å². The van der Waals surface area contributed by atoms with Gasteiger partial charge in [-0.3, -0.25) is 14.6 Å². The van der Waals surface area contributed by atoms with Crippen LogP contribution in [0.15, 0.2) is 46.0 Å². The number of para-hydroxylation sites is 2. The Bertz CT molecular complexity index is 1090. The van der Waals surface area contributed by atoms with Crippen LogP contribution in [0.2, 0.25) is 0 Å². The van der Waals surface area contributed by atoms with E-state index in [1.165, 1.54) is 0 Å². The van der Waals surface area contributed by atoms with Gasteiger partial charge >= 0.3 is 0 Å². The van der Waals surface area contributed by atoms with Crippen molar-refractivity contribution in [3.8, 4) is 5.75 Å². The van der Waals surface area contributed by atoms with E-state index >= 15 is 0 Å². The Labute approximate surface area is 211 Å². The number of hydrogen-bond acceptors (Lipinski definition) is 7. The van der Waals surface area contributed by atoms with Crippen LogP contribution in [-0.4, -0.2) is 70.8 Å². The number of amides is 1. The number of benzene rings is 2. The number of hydrogen-bond donors (Lipinski definition) is 2. The summed E-state index contributed by atoms with van der Waals surface area (Å²) in [5.41, 5.74) is 4.53. The van der Waals surface area contributed by atoms with E-state index in [9.17, 15) is 9.90 Å². The van der Waals surface area contributed by atoms with Gasteiger partial charge in [-0.05, 0) is 47.2 Å². The molecule has 0 aliphatic carbocycles. The van der Waals surface area contributed by atoms with Crippen LogP contribution in [0.5, 0.6) is 5.75 Å². The number of phenolic OH excluding ortho intramolecular Hbond substituents is 1. The summed E-state index contributed by atoms with van der Waals surface area (Å²) in [6.07, 6.45) is 0. The minimum atomic E-state index is -0.000504. The molecule has 2 aromatic carbocycles. The number of aromatic nitrogens is 1. The van der Waals surface area contributed by atoms with Crippen molar-refractivity contribution in [3.05, 3.63) is 47.5 Å². The van der Waals surface area contributed by atoms with E-state index in [2.05, 4.69) is 47.8 Å². The van der Waals surface area contributed by atoms with Crippen LogP contribution in [0.25, 0.3) is 11.1 Å². The summed E-state index contributed by atoms with van der Waals surface area (Å²) in [5, 5.41) is 14.0. The third-order valence-corrected chi connectivity index (χ3v) is 7.24. The Morgan fingerprint density at radius 1 is 1.06 bits per heavy atom. The Morgan fingerprint density at radius 3 is 2.31 bits per heavy atom. The van der Waals surface area contributed by atoms with Gasteiger partial charge in [-0.15, -0.1) is 0 Å². The Hall–Kier alpha value is -2.55. The Balaban J connectivity index is 1.25. The zero-order valence-electron chi connectivity index (χ0n) is 21.1. The first-order valence-corrected chi connectivity index (χ1v) is 13.4. The summed E-state index contributed by atoms with van der Waals surface area (Å²) in [4.78, 5) is 22.1. The Kier molecular flexibility index (Phi) is 8.36. The average Bonchev–Trinajstić information content (AvgIpc) is 3.23. The molecule has 3 aromatic rings. The van der Waals surface area contributed by atoms with Crippen LogP contribution in [0, 0.1) is 0 Å². The highest BCUT2D eigenvalue weighted by molar-refractivity contribution is 7.99. The second-order valence-corrected chi connectivity index (χ2v) is 10.8. The number of piperazine rings is 1. The zero-order valence-corrected chi connectivity index (χ0v) is 21.9. The lowest BCUT2D eigenvalue weighted by atomic mass is 9.92. The van der Waals surface area contributed by atoms with Crippen molar-refractivity contribution in [1.82, 2.24) is 14.8 Å². The van der Waals surface area contributed by atoms with E-state index in [0.29, 0.717) is 6.54 Å². The number of fused-ring (bicyclic) bond motifs is 1. The fourth-order valence-corrected chi connectivity index (χ4v) is 5.29. The first-order chi connectivity index (χ1) is 16.8. The summed E-state index contributed by atoms with van der Waals surface area (Å²) in [6, 6.07) is 11.4. The molecule has 2 N–H and O–H groups in total. The van der Waals surface area contributed by atoms with Crippen molar-refractivity contribution in [1.29, 1.82) is 0 Å². The van der Waals surface area contributed by atoms with Gasteiger partial charge in [-0.2, -0.15) is 0 Å². The van der Waals surface area contributed by atoms with Gasteiger partial charge in [0, 0.05) is 44.2 Å². The van der Waals surface area contributed by atoms with Gasteiger partial charge in [0.05, 0.1) is 6.54 Å². The second-order valence-electron chi connectivity index (χ2n) is 9.77. The van der Waals surface area contributed by atoms with Gasteiger partial charge in [0.15, 0.2) is 5.58 Å². The second kappa shape index (κ2) is 11.5.